The zero-order valence-corrected chi connectivity index (χ0v) is 15.9. The Morgan fingerprint density at radius 1 is 0.400 bits per heavy atom. The van der Waals surface area contributed by atoms with Gasteiger partial charge in [0.05, 0.1) is 0 Å². The lowest BCUT2D eigenvalue weighted by Gasteiger charge is -2.12. The van der Waals surface area contributed by atoms with Gasteiger partial charge in [0.25, 0.3) is 0 Å². The molecule has 0 N–H and O–H groups in total. The SMILES string of the molecule is c1ccc2c(c1)oc1c2cc2c3c4ccccc4oc3c3cccc4ccc1c2c43. The number of para-hydroxylation sites is 2. The molecule has 138 valence electrons. The molecular formula is C28H14O2. The van der Waals surface area contributed by atoms with E-state index in [0.717, 1.165) is 49.3 Å². The van der Waals surface area contributed by atoms with E-state index in [-0.39, 0.29) is 0 Å². The van der Waals surface area contributed by atoms with Crippen molar-refractivity contribution in [1.82, 2.24) is 0 Å². The van der Waals surface area contributed by atoms with Gasteiger partial charge in [-0.15, -0.1) is 0 Å². The van der Waals surface area contributed by atoms with Crippen LogP contribution in [0.25, 0.3) is 76.2 Å². The van der Waals surface area contributed by atoms with Crippen LogP contribution in [0.4, 0.5) is 0 Å². The Bertz CT molecular complexity index is 1950. The van der Waals surface area contributed by atoms with Crippen LogP contribution in [0.3, 0.4) is 0 Å². The van der Waals surface area contributed by atoms with E-state index in [1.54, 1.807) is 0 Å². The quantitative estimate of drug-likeness (QED) is 0.246. The van der Waals surface area contributed by atoms with Crippen molar-refractivity contribution in [3.05, 3.63) is 84.9 Å². The highest BCUT2D eigenvalue weighted by Crippen LogP contribution is 2.47. The molecular weight excluding hydrogens is 368 g/mol. The molecule has 0 aliphatic carbocycles. The van der Waals surface area contributed by atoms with Gasteiger partial charge in [-0.2, -0.15) is 0 Å². The molecule has 0 radical (unpaired) electrons. The molecule has 0 spiro atoms. The summed E-state index contributed by atoms with van der Waals surface area (Å²) in [6, 6.07) is 29.8. The first kappa shape index (κ1) is 14.9. The molecule has 2 aromatic heterocycles. The zero-order valence-electron chi connectivity index (χ0n) is 15.9. The fourth-order valence-electron chi connectivity index (χ4n) is 5.36. The maximum absolute atomic E-state index is 6.43. The fourth-order valence-corrected chi connectivity index (χ4v) is 5.36. The lowest BCUT2D eigenvalue weighted by Crippen LogP contribution is -1.86. The molecule has 8 rings (SSSR count). The summed E-state index contributed by atoms with van der Waals surface area (Å²) < 4.78 is 12.8. The van der Waals surface area contributed by atoms with Crippen LogP contribution in [-0.2, 0) is 0 Å². The summed E-state index contributed by atoms with van der Waals surface area (Å²) in [4.78, 5) is 0. The third kappa shape index (κ3) is 1.60. The van der Waals surface area contributed by atoms with Crippen LogP contribution >= 0.6 is 0 Å². The van der Waals surface area contributed by atoms with Gasteiger partial charge >= 0.3 is 0 Å². The zero-order chi connectivity index (χ0) is 19.4. The van der Waals surface area contributed by atoms with Crippen LogP contribution in [0.5, 0.6) is 0 Å². The van der Waals surface area contributed by atoms with Gasteiger partial charge in [0.15, 0.2) is 0 Å². The van der Waals surface area contributed by atoms with E-state index in [1.165, 1.54) is 26.9 Å². The van der Waals surface area contributed by atoms with Crippen molar-refractivity contribution >= 4 is 76.2 Å². The highest BCUT2D eigenvalue weighted by Gasteiger charge is 2.21. The lowest BCUT2D eigenvalue weighted by atomic mass is 9.90. The third-order valence-corrected chi connectivity index (χ3v) is 6.59. The Labute approximate surface area is 170 Å². The Hall–Kier alpha value is -4.04. The predicted molar refractivity (Wildman–Crippen MR) is 125 cm³/mol. The molecule has 2 heteroatoms. The maximum atomic E-state index is 6.43. The van der Waals surface area contributed by atoms with E-state index in [4.69, 9.17) is 8.83 Å². The van der Waals surface area contributed by atoms with E-state index in [9.17, 15) is 0 Å². The number of fused-ring (bicyclic) bond motifs is 9. The minimum atomic E-state index is 0.927. The molecule has 0 saturated carbocycles. The molecule has 30 heavy (non-hydrogen) atoms. The molecule has 0 saturated heterocycles. The summed E-state index contributed by atoms with van der Waals surface area (Å²) in [6.07, 6.45) is 0. The molecule has 0 fully saturated rings. The summed E-state index contributed by atoms with van der Waals surface area (Å²) in [5, 5.41) is 11.9. The van der Waals surface area contributed by atoms with Crippen molar-refractivity contribution in [3.8, 4) is 0 Å². The molecule has 0 amide bonds. The molecule has 8 aromatic rings. The average Bonchev–Trinajstić information content (AvgIpc) is 3.36. The highest BCUT2D eigenvalue weighted by molar-refractivity contribution is 6.40. The number of rotatable bonds is 0. The van der Waals surface area contributed by atoms with Crippen LogP contribution in [0.15, 0.2) is 93.8 Å². The lowest BCUT2D eigenvalue weighted by molar-refractivity contribution is 0.672. The summed E-state index contributed by atoms with van der Waals surface area (Å²) in [5.74, 6) is 0. The van der Waals surface area contributed by atoms with Crippen LogP contribution < -0.4 is 0 Å². The molecule has 2 nitrogen and oxygen atoms in total. The minimum absolute atomic E-state index is 0.927. The topological polar surface area (TPSA) is 26.3 Å². The first-order valence-corrected chi connectivity index (χ1v) is 10.2. The van der Waals surface area contributed by atoms with Crippen molar-refractivity contribution in [2.75, 3.05) is 0 Å². The Morgan fingerprint density at radius 2 is 1.10 bits per heavy atom. The van der Waals surface area contributed by atoms with E-state index >= 15 is 0 Å². The fraction of sp³-hybridized carbons (Fsp3) is 0. The summed E-state index contributed by atoms with van der Waals surface area (Å²) in [5.41, 5.74) is 3.78. The van der Waals surface area contributed by atoms with Crippen LogP contribution in [0.1, 0.15) is 0 Å². The van der Waals surface area contributed by atoms with Gasteiger partial charge in [-0.25, -0.2) is 0 Å². The number of hydrogen-bond acceptors (Lipinski definition) is 2. The van der Waals surface area contributed by atoms with Crippen molar-refractivity contribution < 1.29 is 8.83 Å². The van der Waals surface area contributed by atoms with Crippen molar-refractivity contribution in [2.24, 2.45) is 0 Å². The average molecular weight is 382 g/mol. The predicted octanol–water partition coefficient (Wildman–Crippen LogP) is 8.38. The number of benzene rings is 6. The standard InChI is InChI=1S/C28H14O2/c1-3-10-22-16(7-1)20-14-21-25-19(27(20)29-22)13-12-15-6-5-9-18(24(15)25)28-26(21)17-8-2-4-11-23(17)30-28/h1-14H. The summed E-state index contributed by atoms with van der Waals surface area (Å²) in [7, 11) is 0. The van der Waals surface area contributed by atoms with Gasteiger partial charge in [0.1, 0.15) is 22.3 Å². The Balaban J connectivity index is 1.82. The highest BCUT2D eigenvalue weighted by atomic mass is 16.3. The Kier molecular flexibility index (Phi) is 2.44. The van der Waals surface area contributed by atoms with Crippen molar-refractivity contribution in [3.63, 3.8) is 0 Å². The van der Waals surface area contributed by atoms with Crippen LogP contribution in [0, 0.1) is 0 Å². The molecule has 0 aliphatic rings. The van der Waals surface area contributed by atoms with Gasteiger partial charge in [-0.05, 0) is 35.0 Å². The smallest absolute Gasteiger partial charge is 0.143 e. The van der Waals surface area contributed by atoms with Gasteiger partial charge in [0.2, 0.25) is 0 Å². The van der Waals surface area contributed by atoms with E-state index in [1.807, 2.05) is 18.2 Å². The molecule has 0 aliphatic heterocycles. The first-order chi connectivity index (χ1) is 14.9. The second-order valence-corrected chi connectivity index (χ2v) is 8.09. The minimum Gasteiger partial charge on any atom is -0.455 e. The second-order valence-electron chi connectivity index (χ2n) is 8.09. The normalized spacial score (nSPS) is 12.7. The van der Waals surface area contributed by atoms with Gasteiger partial charge in [-0.1, -0.05) is 60.7 Å². The van der Waals surface area contributed by atoms with Crippen molar-refractivity contribution in [2.45, 2.75) is 0 Å². The molecule has 0 bridgehead atoms. The third-order valence-electron chi connectivity index (χ3n) is 6.59. The van der Waals surface area contributed by atoms with Gasteiger partial charge in [-0.3, -0.25) is 0 Å². The first-order valence-electron chi connectivity index (χ1n) is 10.2. The molecule has 0 unspecified atom stereocenters. The monoisotopic (exact) mass is 382 g/mol. The van der Waals surface area contributed by atoms with E-state index < -0.39 is 0 Å². The number of furan rings is 2. The molecule has 2 heterocycles. The maximum Gasteiger partial charge on any atom is 0.143 e. The van der Waals surface area contributed by atoms with Crippen LogP contribution in [-0.4, -0.2) is 0 Å². The second kappa shape index (κ2) is 4.92. The van der Waals surface area contributed by atoms with Crippen LogP contribution in [0.2, 0.25) is 0 Å². The molecule has 6 aromatic carbocycles. The largest absolute Gasteiger partial charge is 0.455 e. The van der Waals surface area contributed by atoms with E-state index in [2.05, 4.69) is 66.7 Å². The van der Waals surface area contributed by atoms with Gasteiger partial charge < -0.3 is 8.83 Å². The summed E-state index contributed by atoms with van der Waals surface area (Å²) in [6.45, 7) is 0. The van der Waals surface area contributed by atoms with Crippen molar-refractivity contribution in [1.29, 1.82) is 0 Å². The molecule has 0 atom stereocenters. The van der Waals surface area contributed by atoms with Gasteiger partial charge in [0, 0.05) is 43.1 Å². The Morgan fingerprint density at radius 3 is 2.00 bits per heavy atom. The number of hydrogen-bond donors (Lipinski definition) is 0. The van der Waals surface area contributed by atoms with E-state index in [0.29, 0.717) is 0 Å². The summed E-state index contributed by atoms with van der Waals surface area (Å²) >= 11 is 0.